The van der Waals surface area contributed by atoms with Gasteiger partial charge in [0.15, 0.2) is 11.5 Å². The summed E-state index contributed by atoms with van der Waals surface area (Å²) in [6, 6.07) is 12.8. The predicted molar refractivity (Wildman–Crippen MR) is 101 cm³/mol. The van der Waals surface area contributed by atoms with Gasteiger partial charge in [-0.15, -0.1) is 0 Å². The number of hydrogen-bond acceptors (Lipinski definition) is 3. The number of fused-ring (bicyclic) bond motifs is 1. The van der Waals surface area contributed by atoms with Gasteiger partial charge in [-0.25, -0.2) is 4.79 Å². The van der Waals surface area contributed by atoms with Crippen molar-refractivity contribution in [3.05, 3.63) is 53.1 Å². The first kappa shape index (κ1) is 17.0. The van der Waals surface area contributed by atoms with Crippen LogP contribution in [0.25, 0.3) is 0 Å². The zero-order chi connectivity index (χ0) is 18.1. The van der Waals surface area contributed by atoms with Gasteiger partial charge in [-0.1, -0.05) is 29.8 Å². The van der Waals surface area contributed by atoms with Crippen molar-refractivity contribution in [3.8, 4) is 11.5 Å². The van der Waals surface area contributed by atoms with Gasteiger partial charge in [0.25, 0.3) is 5.79 Å². The molecule has 0 bridgehead atoms. The highest BCUT2D eigenvalue weighted by Gasteiger charge is 2.44. The molecule has 1 aliphatic carbocycles. The third-order valence-corrected chi connectivity index (χ3v) is 5.23. The second-order valence-electron chi connectivity index (χ2n) is 6.86. The lowest BCUT2D eigenvalue weighted by molar-refractivity contribution is -0.0716. The van der Waals surface area contributed by atoms with Gasteiger partial charge in [0.1, 0.15) is 0 Å². The summed E-state index contributed by atoms with van der Waals surface area (Å²) >= 11 is 6.17. The Balaban J connectivity index is 1.42. The zero-order valence-corrected chi connectivity index (χ0v) is 15.4. The van der Waals surface area contributed by atoms with E-state index >= 15 is 0 Å². The molecule has 1 fully saturated rings. The van der Waals surface area contributed by atoms with Crippen LogP contribution < -0.4 is 14.8 Å². The Morgan fingerprint density at radius 3 is 2.65 bits per heavy atom. The lowest BCUT2D eigenvalue weighted by Crippen LogP contribution is -2.34. The Labute approximate surface area is 157 Å². The molecule has 136 valence electrons. The molecule has 2 amide bonds. The summed E-state index contributed by atoms with van der Waals surface area (Å²) in [4.78, 5) is 14.1. The molecule has 1 saturated carbocycles. The first-order valence-electron chi connectivity index (χ1n) is 8.82. The van der Waals surface area contributed by atoms with E-state index in [1.165, 1.54) is 0 Å². The minimum absolute atomic E-state index is 0.209. The third-order valence-electron chi connectivity index (χ3n) is 4.86. The maximum absolute atomic E-state index is 12.5. The highest BCUT2D eigenvalue weighted by Crippen LogP contribution is 2.47. The number of nitrogens with zero attached hydrogens (tertiary/aromatic N) is 1. The van der Waals surface area contributed by atoms with Crippen LogP contribution in [0.4, 0.5) is 10.5 Å². The van der Waals surface area contributed by atoms with Crippen molar-refractivity contribution in [1.82, 2.24) is 4.90 Å². The van der Waals surface area contributed by atoms with Gasteiger partial charge >= 0.3 is 6.03 Å². The summed E-state index contributed by atoms with van der Waals surface area (Å²) < 4.78 is 12.0. The lowest BCUT2D eigenvalue weighted by atomic mass is 10.2. The van der Waals surface area contributed by atoms with Crippen LogP contribution in [0.1, 0.15) is 31.2 Å². The summed E-state index contributed by atoms with van der Waals surface area (Å²) in [5.41, 5.74) is 1.58. The molecule has 2 aliphatic rings. The van der Waals surface area contributed by atoms with Gasteiger partial charge in [0.05, 0.1) is 0 Å². The van der Waals surface area contributed by atoms with Crippen molar-refractivity contribution in [2.24, 2.45) is 0 Å². The zero-order valence-electron chi connectivity index (χ0n) is 14.6. The largest absolute Gasteiger partial charge is 0.448 e. The van der Waals surface area contributed by atoms with Crippen LogP contribution in [0, 0.1) is 0 Å². The second-order valence-corrected chi connectivity index (χ2v) is 7.27. The van der Waals surface area contributed by atoms with E-state index in [0.717, 1.165) is 37.0 Å². The van der Waals surface area contributed by atoms with E-state index in [1.807, 2.05) is 42.5 Å². The van der Waals surface area contributed by atoms with Crippen molar-refractivity contribution in [3.63, 3.8) is 0 Å². The van der Waals surface area contributed by atoms with Gasteiger partial charge in [-0.3, -0.25) is 0 Å². The molecule has 2 aromatic rings. The fourth-order valence-electron chi connectivity index (χ4n) is 3.46. The Bertz CT molecular complexity index is 834. The maximum Gasteiger partial charge on any atom is 0.321 e. The fourth-order valence-corrected chi connectivity index (χ4v) is 3.66. The summed E-state index contributed by atoms with van der Waals surface area (Å²) in [6.45, 7) is 0.430. The van der Waals surface area contributed by atoms with E-state index in [4.69, 9.17) is 21.1 Å². The molecule has 1 aliphatic heterocycles. The van der Waals surface area contributed by atoms with Crippen LogP contribution in [0.2, 0.25) is 5.02 Å². The van der Waals surface area contributed by atoms with Crippen LogP contribution in [-0.4, -0.2) is 23.8 Å². The molecular formula is C20H21ClN2O3. The van der Waals surface area contributed by atoms with Crippen molar-refractivity contribution in [2.45, 2.75) is 38.0 Å². The minimum atomic E-state index is -0.494. The topological polar surface area (TPSA) is 50.8 Å². The molecule has 0 radical (unpaired) electrons. The molecule has 0 aromatic heterocycles. The van der Waals surface area contributed by atoms with Crippen molar-refractivity contribution < 1.29 is 14.3 Å². The second kappa shape index (κ2) is 6.72. The molecule has 1 heterocycles. The molecular weight excluding hydrogens is 352 g/mol. The minimum Gasteiger partial charge on any atom is -0.448 e. The number of anilines is 1. The fraction of sp³-hybridized carbons (Fsp3) is 0.350. The lowest BCUT2D eigenvalue weighted by Gasteiger charge is -2.21. The number of benzene rings is 2. The van der Waals surface area contributed by atoms with Gasteiger partial charge in [-0.2, -0.15) is 0 Å². The SMILES string of the molecule is CN(Cc1ccccc1Cl)C(=O)Nc1ccc2c(c1)OC1(CCCC1)O2. The smallest absolute Gasteiger partial charge is 0.321 e. The molecule has 0 atom stereocenters. The molecule has 1 N–H and O–H groups in total. The van der Waals surface area contributed by atoms with Crippen LogP contribution in [0.3, 0.4) is 0 Å². The number of amides is 2. The predicted octanol–water partition coefficient (Wildman–Crippen LogP) is 5.05. The highest BCUT2D eigenvalue weighted by atomic mass is 35.5. The number of rotatable bonds is 3. The molecule has 4 rings (SSSR count). The Kier molecular flexibility index (Phi) is 4.41. The van der Waals surface area contributed by atoms with E-state index < -0.39 is 5.79 Å². The van der Waals surface area contributed by atoms with Gasteiger partial charge < -0.3 is 19.7 Å². The van der Waals surface area contributed by atoms with Crippen molar-refractivity contribution in [1.29, 1.82) is 0 Å². The van der Waals surface area contributed by atoms with E-state index in [2.05, 4.69) is 5.32 Å². The van der Waals surface area contributed by atoms with Crippen molar-refractivity contribution in [2.75, 3.05) is 12.4 Å². The van der Waals surface area contributed by atoms with E-state index in [9.17, 15) is 4.79 Å². The molecule has 6 heteroatoms. The Hall–Kier alpha value is -2.40. The quantitative estimate of drug-likeness (QED) is 0.820. The van der Waals surface area contributed by atoms with E-state index in [0.29, 0.717) is 23.0 Å². The number of urea groups is 1. The summed E-state index contributed by atoms with van der Waals surface area (Å²) in [5.74, 6) is 0.944. The first-order chi connectivity index (χ1) is 12.5. The standard InChI is InChI=1S/C20H21ClN2O3/c1-23(13-14-6-2-3-7-16(14)21)19(24)22-15-8-9-17-18(12-15)26-20(25-17)10-4-5-11-20/h2-3,6-9,12H,4-5,10-11,13H2,1H3,(H,22,24). The van der Waals surface area contributed by atoms with Crippen LogP contribution in [-0.2, 0) is 6.54 Å². The van der Waals surface area contributed by atoms with Crippen LogP contribution in [0.15, 0.2) is 42.5 Å². The summed E-state index contributed by atoms with van der Waals surface area (Å²) in [5, 5.41) is 3.55. The van der Waals surface area contributed by atoms with Crippen LogP contribution >= 0.6 is 11.6 Å². The summed E-state index contributed by atoms with van der Waals surface area (Å²) in [7, 11) is 1.74. The summed E-state index contributed by atoms with van der Waals surface area (Å²) in [6.07, 6.45) is 4.04. The van der Waals surface area contributed by atoms with Gasteiger partial charge in [-0.05, 0) is 36.6 Å². The third kappa shape index (κ3) is 3.31. The van der Waals surface area contributed by atoms with Crippen LogP contribution in [0.5, 0.6) is 11.5 Å². The first-order valence-corrected chi connectivity index (χ1v) is 9.20. The number of carbonyl (C=O) groups excluding carboxylic acids is 1. The van der Waals surface area contributed by atoms with E-state index in [1.54, 1.807) is 11.9 Å². The maximum atomic E-state index is 12.5. The monoisotopic (exact) mass is 372 g/mol. The average Bonchev–Trinajstić information content (AvgIpc) is 3.22. The molecule has 0 saturated heterocycles. The number of ether oxygens (including phenoxy) is 2. The molecule has 2 aromatic carbocycles. The molecule has 5 nitrogen and oxygen atoms in total. The molecule has 1 spiro atoms. The van der Waals surface area contributed by atoms with Gasteiger partial charge in [0.2, 0.25) is 0 Å². The number of nitrogens with one attached hydrogen (secondary N) is 1. The number of halogens is 1. The average molecular weight is 373 g/mol. The van der Waals surface area contributed by atoms with Gasteiger partial charge in [0, 0.05) is 43.2 Å². The van der Waals surface area contributed by atoms with E-state index in [-0.39, 0.29) is 6.03 Å². The number of carbonyl (C=O) groups is 1. The number of hydrogen-bond donors (Lipinski definition) is 1. The normalized spacial score (nSPS) is 16.7. The Morgan fingerprint density at radius 2 is 1.88 bits per heavy atom. The molecule has 0 unspecified atom stereocenters. The highest BCUT2D eigenvalue weighted by molar-refractivity contribution is 6.31. The Morgan fingerprint density at radius 1 is 1.15 bits per heavy atom. The van der Waals surface area contributed by atoms with Crippen molar-refractivity contribution >= 4 is 23.3 Å². The molecule has 26 heavy (non-hydrogen) atoms.